The predicted octanol–water partition coefficient (Wildman–Crippen LogP) is 0.625. The molecule has 1 aromatic rings. The SMILES string of the molecule is N[C-]=O.O=C1CCCc2cccc3c2N1CC3.O=CO.[Fm]. The van der Waals surface area contributed by atoms with E-state index in [0.717, 1.165) is 32.2 Å². The van der Waals surface area contributed by atoms with Gasteiger partial charge < -0.3 is 20.5 Å². The van der Waals surface area contributed by atoms with Crippen LogP contribution in [0, 0.1) is 0 Å². The van der Waals surface area contributed by atoms with Crippen LogP contribution in [-0.4, -0.2) is 30.4 Å². The maximum Gasteiger partial charge on any atom is 0.290 e. The number of amides is 2. The van der Waals surface area contributed by atoms with Crippen LogP contribution < -0.4 is 10.6 Å². The fraction of sp³-hybridized carbons (Fsp3) is 0.357. The molecule has 0 aliphatic carbocycles. The van der Waals surface area contributed by atoms with E-state index < -0.39 is 0 Å². The summed E-state index contributed by atoms with van der Waals surface area (Å²) < 4.78 is 0. The molecule has 3 N–H and O–H groups in total. The van der Waals surface area contributed by atoms with Crippen LogP contribution in [0.5, 0.6) is 0 Å². The number of carboxylic acid groups (broad SMARTS) is 1. The van der Waals surface area contributed by atoms with Gasteiger partial charge in [-0.25, -0.2) is 0 Å². The Balaban J connectivity index is 0.000000502. The Morgan fingerprint density at radius 1 is 1.24 bits per heavy atom. The predicted molar refractivity (Wildman–Crippen MR) is 74.0 cm³/mol. The van der Waals surface area contributed by atoms with Gasteiger partial charge in [0, 0.05) is 13.0 Å². The topological polar surface area (TPSA) is 101 Å². The van der Waals surface area contributed by atoms with Crippen LogP contribution in [0.3, 0.4) is 0 Å². The van der Waals surface area contributed by atoms with Crippen molar-refractivity contribution in [3.05, 3.63) is 29.3 Å². The molecule has 2 aliphatic rings. The van der Waals surface area contributed by atoms with Crippen molar-refractivity contribution in [1.29, 1.82) is 0 Å². The number of hydrogen-bond acceptors (Lipinski definition) is 3. The van der Waals surface area contributed by atoms with Gasteiger partial charge in [-0.2, -0.15) is 6.41 Å². The second-order valence-corrected chi connectivity index (χ2v) is 4.30. The number of carbonyl (C=O) groups excluding carboxylic acids is 2. The minimum absolute atomic E-state index is 0. The Hall–Kier alpha value is -3.37. The van der Waals surface area contributed by atoms with E-state index in [2.05, 4.69) is 23.9 Å². The van der Waals surface area contributed by atoms with Crippen molar-refractivity contribution in [1.82, 2.24) is 0 Å². The first-order chi connectivity index (χ1) is 9.69. The van der Waals surface area contributed by atoms with Crippen molar-refractivity contribution in [2.75, 3.05) is 11.4 Å². The molecule has 1 aromatic carbocycles. The second kappa shape index (κ2) is 8.68. The van der Waals surface area contributed by atoms with Gasteiger partial charge in [-0.05, 0) is 30.4 Å². The molecule has 0 spiro atoms. The summed E-state index contributed by atoms with van der Waals surface area (Å²) in [6, 6.07) is 6.43. The van der Waals surface area contributed by atoms with Crippen molar-refractivity contribution in [2.45, 2.75) is 25.7 Å². The van der Waals surface area contributed by atoms with E-state index >= 15 is 0 Å². The largest absolute Gasteiger partial charge is 0.543 e. The third-order valence-electron chi connectivity index (χ3n) is 3.22. The van der Waals surface area contributed by atoms with E-state index in [9.17, 15) is 4.79 Å². The number of nitrogens with two attached hydrogens (primary N) is 1. The average molecular weight is 534 g/mol. The Morgan fingerprint density at radius 2 is 1.76 bits per heavy atom. The Labute approximate surface area is 117 Å². The molecule has 0 aromatic heterocycles. The molecule has 21 heavy (non-hydrogen) atoms. The van der Waals surface area contributed by atoms with Crippen LogP contribution in [0.1, 0.15) is 24.0 Å². The Kier molecular flexibility index (Phi) is 7.29. The maximum atomic E-state index is 11.8. The number of anilines is 1. The molecule has 0 bridgehead atoms. The molecule has 6 nitrogen and oxygen atoms in total. The molecule has 2 amide bonds. The minimum Gasteiger partial charge on any atom is -0.543 e. The summed E-state index contributed by atoms with van der Waals surface area (Å²) in [4.78, 5) is 30.6. The third-order valence-corrected chi connectivity index (χ3v) is 3.22. The number of benzene rings is 1. The van der Waals surface area contributed by atoms with Crippen molar-refractivity contribution in [3.63, 3.8) is 0 Å². The van der Waals surface area contributed by atoms with E-state index in [-0.39, 0.29) is 6.47 Å². The second-order valence-electron chi connectivity index (χ2n) is 4.30. The van der Waals surface area contributed by atoms with Crippen LogP contribution in [0.2, 0.25) is 0 Å². The molecule has 0 fully saturated rings. The van der Waals surface area contributed by atoms with Gasteiger partial charge >= 0.3 is 0 Å². The van der Waals surface area contributed by atoms with Crippen molar-refractivity contribution in [3.8, 4) is 0 Å². The third kappa shape index (κ3) is 4.05. The molecule has 0 radical (unpaired) electrons. The summed E-state index contributed by atoms with van der Waals surface area (Å²) >= 11 is 0. The zero-order chi connectivity index (χ0) is 15.0. The van der Waals surface area contributed by atoms with Gasteiger partial charge in [-0.15, -0.1) is 0 Å². The molecule has 0 saturated carbocycles. The number of carbonyl (C=O) groups is 2. The van der Waals surface area contributed by atoms with Crippen LogP contribution >= 0.6 is 0 Å². The number of hydrogen-bond donors (Lipinski definition) is 2. The van der Waals surface area contributed by atoms with Gasteiger partial charge in [-0.3, -0.25) is 9.59 Å². The van der Waals surface area contributed by atoms with E-state index in [1.54, 1.807) is 0 Å². The molecule has 0 saturated heterocycles. The van der Waals surface area contributed by atoms with Crippen molar-refractivity contribution in [2.24, 2.45) is 5.73 Å². The van der Waals surface area contributed by atoms with Crippen LogP contribution in [0.4, 0.5) is 5.69 Å². The summed E-state index contributed by atoms with van der Waals surface area (Å²) in [7, 11) is 0. The smallest absolute Gasteiger partial charge is 0.290 e. The van der Waals surface area contributed by atoms with E-state index in [4.69, 9.17) is 14.7 Å². The first-order valence-electron chi connectivity index (χ1n) is 6.26. The van der Waals surface area contributed by atoms with Gasteiger partial charge in [0.25, 0.3) is 6.47 Å². The summed E-state index contributed by atoms with van der Waals surface area (Å²) in [6.45, 7) is 0.644. The summed E-state index contributed by atoms with van der Waals surface area (Å²) in [5, 5.41) is 6.89. The van der Waals surface area contributed by atoms with E-state index in [1.807, 2.05) is 4.90 Å². The zero-order valence-electron chi connectivity index (χ0n) is 11.3. The molecule has 3 rings (SSSR count). The molecule has 2 aliphatic heterocycles. The van der Waals surface area contributed by atoms with Gasteiger partial charge in [0.2, 0.25) is 5.91 Å². The maximum absolute atomic E-state index is 11.8. The monoisotopic (exact) mass is 534 g/mol. The Bertz CT molecular complexity index is 488. The number of rotatable bonds is 0. The number of primary amides is 1. The molecular weight excluding hydrogens is 517 g/mol. The normalized spacial score (nSPS) is 14.1. The first-order valence-corrected chi connectivity index (χ1v) is 6.26. The van der Waals surface area contributed by atoms with Crippen LogP contribution in [-0.2, 0) is 27.2 Å². The van der Waals surface area contributed by atoms with Crippen LogP contribution in [0.25, 0.3) is 0 Å². The standard InChI is InChI=1S/C12H13NO.CH2NO.CH2O2.Fm/c14-11-6-2-5-9-3-1-4-10-7-8-13(11)12(9)10;2*2-1-3;/h1,3-4H,2,5-8H2;(H2,2,3);1H,(H,2,3);/q;-1;;. The summed E-state index contributed by atoms with van der Waals surface area (Å²) in [5.74, 6) is 0.314. The Morgan fingerprint density at radius 3 is 2.33 bits per heavy atom. The quantitative estimate of drug-likeness (QED) is 0.290. The first kappa shape index (κ1) is 17.6. The van der Waals surface area contributed by atoms with Crippen LogP contribution in [0.15, 0.2) is 18.2 Å². The molecule has 0 unspecified atom stereocenters. The fourth-order valence-electron chi connectivity index (χ4n) is 2.55. The summed E-state index contributed by atoms with van der Waals surface area (Å²) in [6.07, 6.45) is 4.82. The number of nitrogens with zero attached hydrogens (tertiary/aromatic N) is 1. The van der Waals surface area contributed by atoms with Crippen molar-refractivity contribution < 1.29 is 19.5 Å². The molecular formula is C14H17FmN2O4-. The van der Waals surface area contributed by atoms with E-state index in [0.29, 0.717) is 12.3 Å². The molecule has 0 atom stereocenters. The molecule has 2 heterocycles. The number of aryl methyl sites for hydroxylation is 1. The fourth-order valence-corrected chi connectivity index (χ4v) is 2.55. The minimum atomic E-state index is -0.250. The average Bonchev–Trinajstić information content (AvgIpc) is 2.78. The number of para-hydroxylation sites is 1. The van der Waals surface area contributed by atoms with Gasteiger partial charge in [-0.1, -0.05) is 18.2 Å². The van der Waals surface area contributed by atoms with Gasteiger partial charge in [0.05, 0.1) is 5.69 Å². The van der Waals surface area contributed by atoms with Gasteiger partial charge in [0.1, 0.15) is 0 Å². The molecule has 120 valence electrons. The zero-order valence-corrected chi connectivity index (χ0v) is 13.7. The van der Waals surface area contributed by atoms with Gasteiger partial charge in [0.15, 0.2) is 0 Å². The van der Waals surface area contributed by atoms with Crippen molar-refractivity contribution >= 4 is 24.5 Å². The molecule has 7 heteroatoms. The van der Waals surface area contributed by atoms with E-state index in [1.165, 1.54) is 16.8 Å². The summed E-state index contributed by atoms with van der Waals surface area (Å²) in [5.41, 5.74) is 8.00.